The number of amides is 1. The molecule has 0 fully saturated rings. The second-order valence-corrected chi connectivity index (χ2v) is 10.1. The number of pyridine rings is 3. The summed E-state index contributed by atoms with van der Waals surface area (Å²) < 4.78 is 30.6. The van der Waals surface area contributed by atoms with Gasteiger partial charge in [0.1, 0.15) is 22.8 Å². The number of H-pyrrole nitrogens is 2. The summed E-state index contributed by atoms with van der Waals surface area (Å²) in [6.07, 6.45) is 5.91. The van der Waals surface area contributed by atoms with Crippen molar-refractivity contribution in [3.8, 4) is 33.8 Å². The molecular weight excluding hydrogens is 502 g/mol. The normalized spacial score (nSPS) is 11.8. The summed E-state index contributed by atoms with van der Waals surface area (Å²) >= 11 is 0. The second-order valence-electron chi connectivity index (χ2n) is 10.1. The van der Waals surface area contributed by atoms with E-state index in [1.165, 1.54) is 24.7 Å². The molecule has 3 N–H and O–H groups in total. The minimum absolute atomic E-state index is 0.114. The molecule has 0 unspecified atom stereocenters. The van der Waals surface area contributed by atoms with Gasteiger partial charge in [0.05, 0.1) is 17.3 Å². The Kier molecular flexibility index (Phi) is 5.63. The molecule has 11 heteroatoms. The molecule has 1 aromatic carbocycles. The van der Waals surface area contributed by atoms with Crippen molar-refractivity contribution in [1.82, 2.24) is 35.1 Å². The van der Waals surface area contributed by atoms with Crippen molar-refractivity contribution in [2.75, 3.05) is 5.32 Å². The maximum Gasteiger partial charge on any atom is 0.229 e. The van der Waals surface area contributed by atoms with Crippen molar-refractivity contribution in [3.63, 3.8) is 0 Å². The Bertz CT molecular complexity index is 1890. The fourth-order valence-electron chi connectivity index (χ4n) is 4.22. The molecule has 9 nitrogen and oxygen atoms in total. The van der Waals surface area contributed by atoms with Gasteiger partial charge in [-0.15, -0.1) is 0 Å². The number of nitrogens with zero attached hydrogens (tertiary/aromatic N) is 5. The monoisotopic (exact) mass is 524 g/mol. The zero-order chi connectivity index (χ0) is 27.3. The summed E-state index contributed by atoms with van der Waals surface area (Å²) in [6.45, 7) is 5.39. The van der Waals surface area contributed by atoms with Crippen LogP contribution in [0.2, 0.25) is 0 Å². The third kappa shape index (κ3) is 4.27. The van der Waals surface area contributed by atoms with Crippen LogP contribution in [0.3, 0.4) is 0 Å². The lowest BCUT2D eigenvalue weighted by molar-refractivity contribution is -0.123. The number of nitrogens with one attached hydrogen (secondary N) is 3. The maximum atomic E-state index is 16.0. The van der Waals surface area contributed by atoms with Crippen LogP contribution in [-0.4, -0.2) is 41.0 Å². The predicted molar refractivity (Wildman–Crippen MR) is 143 cm³/mol. The first-order valence-electron chi connectivity index (χ1n) is 12.1. The standard InChI is InChI=1S/C28H22F2N8O/c1-28(2,3)27(39)34-15-10-14(11-31-12-15)18-13-33-24-20(21(18)30)23(37-38-24)26-35-22-17(8-9-32-25(22)36-26)16-6-4-5-7-19(16)29/h4-13H,1-3H3,(H,34,39)(H,32,35,36)(H,33,37,38). The number of aromatic amines is 2. The van der Waals surface area contributed by atoms with Crippen LogP contribution in [-0.2, 0) is 4.79 Å². The quantitative estimate of drug-likeness (QED) is 0.264. The largest absolute Gasteiger partial charge is 0.324 e. The molecule has 39 heavy (non-hydrogen) atoms. The highest BCUT2D eigenvalue weighted by Gasteiger charge is 2.23. The van der Waals surface area contributed by atoms with Gasteiger partial charge in [-0.2, -0.15) is 5.10 Å². The first kappa shape index (κ1) is 24.3. The number of carbonyl (C=O) groups excluding carboxylic acids is 1. The van der Waals surface area contributed by atoms with Crippen LogP contribution in [0.15, 0.2) is 61.2 Å². The molecule has 0 saturated carbocycles. The van der Waals surface area contributed by atoms with Crippen LogP contribution < -0.4 is 5.32 Å². The molecule has 5 aromatic heterocycles. The van der Waals surface area contributed by atoms with Crippen molar-refractivity contribution in [2.24, 2.45) is 5.41 Å². The van der Waals surface area contributed by atoms with E-state index >= 15 is 4.39 Å². The van der Waals surface area contributed by atoms with Crippen molar-refractivity contribution in [3.05, 3.63) is 72.8 Å². The van der Waals surface area contributed by atoms with Gasteiger partial charge in [0.15, 0.2) is 17.1 Å². The van der Waals surface area contributed by atoms with E-state index in [1.807, 2.05) is 0 Å². The van der Waals surface area contributed by atoms with E-state index in [1.54, 1.807) is 57.3 Å². The van der Waals surface area contributed by atoms with Crippen LogP contribution in [0.1, 0.15) is 20.8 Å². The average Bonchev–Trinajstić information content (AvgIpc) is 3.53. The Labute approximate surface area is 220 Å². The molecule has 0 radical (unpaired) electrons. The molecule has 194 valence electrons. The zero-order valence-electron chi connectivity index (χ0n) is 21.2. The van der Waals surface area contributed by atoms with Gasteiger partial charge >= 0.3 is 0 Å². The molecule has 0 aliphatic heterocycles. The van der Waals surface area contributed by atoms with Gasteiger partial charge in [-0.1, -0.05) is 39.0 Å². The van der Waals surface area contributed by atoms with E-state index in [-0.39, 0.29) is 34.0 Å². The van der Waals surface area contributed by atoms with Gasteiger partial charge in [-0.05, 0) is 18.2 Å². The lowest BCUT2D eigenvalue weighted by Crippen LogP contribution is -2.27. The lowest BCUT2D eigenvalue weighted by atomic mass is 9.95. The summed E-state index contributed by atoms with van der Waals surface area (Å²) in [5.41, 5.74) is 2.57. The number of hydrogen-bond donors (Lipinski definition) is 3. The Balaban J connectivity index is 1.45. The number of halogens is 2. The lowest BCUT2D eigenvalue weighted by Gasteiger charge is -2.17. The van der Waals surface area contributed by atoms with Crippen molar-refractivity contribution in [1.29, 1.82) is 0 Å². The third-order valence-electron chi connectivity index (χ3n) is 6.29. The first-order valence-corrected chi connectivity index (χ1v) is 12.1. The molecule has 0 atom stereocenters. The van der Waals surface area contributed by atoms with E-state index in [9.17, 15) is 9.18 Å². The highest BCUT2D eigenvalue weighted by molar-refractivity contribution is 5.97. The number of hydrogen-bond acceptors (Lipinski definition) is 6. The molecule has 5 heterocycles. The molecule has 0 aliphatic carbocycles. The third-order valence-corrected chi connectivity index (χ3v) is 6.29. The molecule has 0 spiro atoms. The van der Waals surface area contributed by atoms with E-state index in [2.05, 4.69) is 40.4 Å². The predicted octanol–water partition coefficient (Wildman–Crippen LogP) is 5.89. The van der Waals surface area contributed by atoms with Crippen molar-refractivity contribution < 1.29 is 13.6 Å². The van der Waals surface area contributed by atoms with Crippen LogP contribution >= 0.6 is 0 Å². The number of aromatic nitrogens is 7. The maximum absolute atomic E-state index is 16.0. The molecule has 1 amide bonds. The fourth-order valence-corrected chi connectivity index (χ4v) is 4.22. The summed E-state index contributed by atoms with van der Waals surface area (Å²) in [5.74, 6) is -0.933. The summed E-state index contributed by atoms with van der Waals surface area (Å²) in [4.78, 5) is 32.9. The molecule has 6 rings (SSSR count). The number of rotatable bonds is 4. The Morgan fingerprint density at radius 3 is 2.56 bits per heavy atom. The van der Waals surface area contributed by atoms with Crippen molar-refractivity contribution in [2.45, 2.75) is 20.8 Å². The van der Waals surface area contributed by atoms with Gasteiger partial charge in [0.2, 0.25) is 5.91 Å². The van der Waals surface area contributed by atoms with Crippen molar-refractivity contribution >= 4 is 33.8 Å². The molecular formula is C28H22F2N8O. The van der Waals surface area contributed by atoms with Gasteiger partial charge < -0.3 is 10.3 Å². The number of benzene rings is 1. The van der Waals surface area contributed by atoms with Crippen LogP contribution in [0.25, 0.3) is 56.0 Å². The highest BCUT2D eigenvalue weighted by atomic mass is 19.1. The molecule has 0 bridgehead atoms. The van der Waals surface area contributed by atoms with E-state index in [0.717, 1.165) is 0 Å². The van der Waals surface area contributed by atoms with Crippen LogP contribution in [0.4, 0.5) is 14.5 Å². The molecule has 0 aliphatic rings. The highest BCUT2D eigenvalue weighted by Crippen LogP contribution is 2.35. The minimum Gasteiger partial charge on any atom is -0.324 e. The Hall–Kier alpha value is -5.06. The Morgan fingerprint density at radius 2 is 1.77 bits per heavy atom. The number of fused-ring (bicyclic) bond motifs is 2. The smallest absolute Gasteiger partial charge is 0.229 e. The van der Waals surface area contributed by atoms with E-state index in [4.69, 9.17) is 0 Å². The van der Waals surface area contributed by atoms with E-state index in [0.29, 0.717) is 33.5 Å². The number of anilines is 1. The van der Waals surface area contributed by atoms with Gasteiger partial charge in [0.25, 0.3) is 0 Å². The Morgan fingerprint density at radius 1 is 0.949 bits per heavy atom. The number of imidazole rings is 1. The van der Waals surface area contributed by atoms with Crippen LogP contribution in [0, 0.1) is 17.0 Å². The SMILES string of the molecule is CC(C)(C)C(=O)Nc1cncc(-c2cnc3[nH]nc(-c4nc5c(-c6ccccc6F)ccnc5[nH]4)c3c2F)c1. The fraction of sp³-hybridized carbons (Fsp3) is 0.143. The average molecular weight is 525 g/mol. The molecule has 0 saturated heterocycles. The van der Waals surface area contributed by atoms with Gasteiger partial charge in [0, 0.05) is 46.3 Å². The summed E-state index contributed by atoms with van der Waals surface area (Å²) in [7, 11) is 0. The second kappa shape index (κ2) is 9.05. The summed E-state index contributed by atoms with van der Waals surface area (Å²) in [6, 6.07) is 9.68. The number of carbonyl (C=O) groups is 1. The minimum atomic E-state index is -0.610. The van der Waals surface area contributed by atoms with E-state index < -0.39 is 17.0 Å². The first-order chi connectivity index (χ1) is 18.7. The zero-order valence-corrected chi connectivity index (χ0v) is 21.2. The van der Waals surface area contributed by atoms with Crippen LogP contribution in [0.5, 0.6) is 0 Å². The topological polar surface area (TPSA) is 125 Å². The molecule has 6 aromatic rings. The van der Waals surface area contributed by atoms with Gasteiger partial charge in [-0.3, -0.25) is 14.9 Å². The summed E-state index contributed by atoms with van der Waals surface area (Å²) in [5, 5.41) is 9.93. The van der Waals surface area contributed by atoms with Gasteiger partial charge in [-0.25, -0.2) is 23.7 Å².